The van der Waals surface area contributed by atoms with E-state index in [0.29, 0.717) is 0 Å². The lowest BCUT2D eigenvalue weighted by Gasteiger charge is -2.35. The zero-order chi connectivity index (χ0) is 21.0. The van der Waals surface area contributed by atoms with Gasteiger partial charge in [0.15, 0.2) is 5.78 Å². The highest BCUT2D eigenvalue weighted by Crippen LogP contribution is 2.36. The van der Waals surface area contributed by atoms with E-state index in [1.807, 2.05) is 0 Å². The second kappa shape index (κ2) is 8.73. The van der Waals surface area contributed by atoms with Gasteiger partial charge >= 0.3 is 6.09 Å². The number of carbonyl (C=O) groups excluding carboxylic acids is 2. The van der Waals surface area contributed by atoms with E-state index in [4.69, 9.17) is 14.5 Å². The van der Waals surface area contributed by atoms with Crippen LogP contribution in [0.25, 0.3) is 10.4 Å². The third kappa shape index (κ3) is 6.53. The predicted molar refractivity (Wildman–Crippen MR) is 98.4 cm³/mol. The van der Waals surface area contributed by atoms with Crippen molar-refractivity contribution in [2.24, 2.45) is 11.0 Å². The molecule has 1 amide bonds. The van der Waals surface area contributed by atoms with Gasteiger partial charge in [-0.15, -0.1) is 6.58 Å². The number of Topliss-reactive ketones (excluding diaryl/α,β-unsaturated/α-hetero) is 1. The Morgan fingerprint density at radius 1 is 1.44 bits per heavy atom. The van der Waals surface area contributed by atoms with Crippen molar-refractivity contribution in [2.45, 2.75) is 57.9 Å². The highest BCUT2D eigenvalue weighted by molar-refractivity contribution is 7.86. The lowest BCUT2D eigenvalue weighted by molar-refractivity contribution is -0.122. The molecule has 0 aromatic rings. The Kier molecular flexibility index (Phi) is 7.41. The number of likely N-dealkylation sites (tertiary alicyclic amines) is 1. The summed E-state index contributed by atoms with van der Waals surface area (Å²) in [4.78, 5) is 28.7. The van der Waals surface area contributed by atoms with Gasteiger partial charge in [0.2, 0.25) is 0 Å². The van der Waals surface area contributed by atoms with E-state index in [-0.39, 0.29) is 18.7 Å². The number of amides is 1. The molecule has 0 spiro atoms. The maximum atomic E-state index is 12.8. The van der Waals surface area contributed by atoms with Gasteiger partial charge in [-0.3, -0.25) is 13.9 Å². The zero-order valence-corrected chi connectivity index (χ0v) is 17.0. The first kappa shape index (κ1) is 22.9. The van der Waals surface area contributed by atoms with Crippen molar-refractivity contribution >= 4 is 22.0 Å². The van der Waals surface area contributed by atoms with Crippen molar-refractivity contribution in [1.29, 1.82) is 0 Å². The molecule has 0 radical (unpaired) electrons. The van der Waals surface area contributed by atoms with E-state index in [1.54, 1.807) is 20.8 Å². The van der Waals surface area contributed by atoms with Crippen LogP contribution in [-0.2, 0) is 23.8 Å². The van der Waals surface area contributed by atoms with Crippen LogP contribution in [-0.4, -0.2) is 61.8 Å². The molecule has 152 valence electrons. The summed E-state index contributed by atoms with van der Waals surface area (Å²) in [5.74, 6) is -0.732. The summed E-state index contributed by atoms with van der Waals surface area (Å²) in [6.07, 6.45) is 0.659. The Bertz CT molecular complexity index is 738. The topological polar surface area (TPSA) is 139 Å². The molecule has 1 saturated heterocycles. The van der Waals surface area contributed by atoms with Crippen LogP contribution < -0.4 is 0 Å². The molecule has 1 aliphatic rings. The Labute approximate surface area is 159 Å². The summed E-state index contributed by atoms with van der Waals surface area (Å²) in [6, 6.07) is -1.73. The average molecular weight is 402 g/mol. The van der Waals surface area contributed by atoms with Crippen LogP contribution in [0.5, 0.6) is 0 Å². The lowest BCUT2D eigenvalue weighted by atomic mass is 9.94. The first-order chi connectivity index (χ1) is 12.3. The van der Waals surface area contributed by atoms with Crippen molar-refractivity contribution in [1.82, 2.24) is 4.90 Å². The van der Waals surface area contributed by atoms with Crippen molar-refractivity contribution in [3.63, 3.8) is 0 Å². The van der Waals surface area contributed by atoms with Crippen LogP contribution >= 0.6 is 0 Å². The maximum Gasteiger partial charge on any atom is 0.411 e. The van der Waals surface area contributed by atoms with Gasteiger partial charge in [0.1, 0.15) is 11.7 Å². The van der Waals surface area contributed by atoms with Crippen LogP contribution in [0.3, 0.4) is 0 Å². The van der Waals surface area contributed by atoms with E-state index in [0.717, 1.165) is 6.26 Å². The molecule has 1 fully saturated rings. The van der Waals surface area contributed by atoms with Crippen LogP contribution in [0.15, 0.2) is 17.8 Å². The molecule has 0 saturated carbocycles. The van der Waals surface area contributed by atoms with E-state index < -0.39 is 45.9 Å². The van der Waals surface area contributed by atoms with E-state index in [2.05, 4.69) is 16.6 Å². The van der Waals surface area contributed by atoms with Gasteiger partial charge in [-0.1, -0.05) is 11.2 Å². The molecule has 1 aliphatic heterocycles. The summed E-state index contributed by atoms with van der Waals surface area (Å²) in [6.45, 7) is 9.73. The van der Waals surface area contributed by atoms with Crippen LogP contribution in [0.4, 0.5) is 4.79 Å². The summed E-state index contributed by atoms with van der Waals surface area (Å²) >= 11 is 0. The third-order valence-corrected chi connectivity index (χ3v) is 4.57. The van der Waals surface area contributed by atoms with E-state index in [9.17, 15) is 18.0 Å². The second-order valence-corrected chi connectivity index (χ2v) is 8.99. The summed E-state index contributed by atoms with van der Waals surface area (Å²) in [7, 11) is -3.93. The molecular formula is C16H26N4O6S. The number of hydrogen-bond donors (Lipinski definition) is 0. The van der Waals surface area contributed by atoms with Crippen molar-refractivity contribution in [3.8, 4) is 0 Å². The number of azide groups is 1. The molecule has 4 atom stereocenters. The average Bonchev–Trinajstić information content (AvgIpc) is 2.88. The summed E-state index contributed by atoms with van der Waals surface area (Å²) in [5, 5.41) is 3.40. The van der Waals surface area contributed by atoms with Gasteiger partial charge in [-0.2, -0.15) is 8.42 Å². The van der Waals surface area contributed by atoms with Crippen molar-refractivity contribution in [3.05, 3.63) is 23.1 Å². The van der Waals surface area contributed by atoms with Gasteiger partial charge < -0.3 is 4.74 Å². The molecule has 11 heteroatoms. The molecule has 10 nitrogen and oxygen atoms in total. The molecule has 0 aromatic heterocycles. The van der Waals surface area contributed by atoms with Gasteiger partial charge in [0.05, 0.1) is 24.9 Å². The molecule has 0 N–H and O–H groups in total. The van der Waals surface area contributed by atoms with Gasteiger partial charge in [0.25, 0.3) is 10.1 Å². The van der Waals surface area contributed by atoms with Crippen LogP contribution in [0.2, 0.25) is 0 Å². The largest absolute Gasteiger partial charge is 0.444 e. The minimum atomic E-state index is -3.93. The second-order valence-electron chi connectivity index (χ2n) is 7.39. The predicted octanol–water partition coefficient (Wildman–Crippen LogP) is 2.41. The SMILES string of the molecule is C=C[C@@H]1C[C@H](C(C)=O)N(C(=O)OC(C)(C)C)[C@@H]1C(CN=[N+]=[N-])OS(C)(=O)=O. The van der Waals surface area contributed by atoms with Crippen molar-refractivity contribution in [2.75, 3.05) is 12.8 Å². The Morgan fingerprint density at radius 3 is 2.44 bits per heavy atom. The zero-order valence-electron chi connectivity index (χ0n) is 16.2. The fourth-order valence-corrected chi connectivity index (χ4v) is 3.70. The maximum absolute atomic E-state index is 12.8. The number of ether oxygens (including phenoxy) is 1. The quantitative estimate of drug-likeness (QED) is 0.211. The highest BCUT2D eigenvalue weighted by atomic mass is 32.2. The number of ketones is 1. The molecule has 1 heterocycles. The fourth-order valence-electron chi connectivity index (χ4n) is 3.08. The first-order valence-corrected chi connectivity index (χ1v) is 10.2. The molecule has 0 bridgehead atoms. The number of carbonyl (C=O) groups is 2. The van der Waals surface area contributed by atoms with Gasteiger partial charge in [0, 0.05) is 10.8 Å². The lowest BCUT2D eigenvalue weighted by Crippen LogP contribution is -2.53. The van der Waals surface area contributed by atoms with E-state index >= 15 is 0 Å². The Morgan fingerprint density at radius 2 is 2.04 bits per heavy atom. The molecule has 0 aliphatic carbocycles. The fraction of sp³-hybridized carbons (Fsp3) is 0.750. The number of nitrogens with zero attached hydrogens (tertiary/aromatic N) is 4. The number of rotatable bonds is 7. The molecular weight excluding hydrogens is 376 g/mol. The Balaban J connectivity index is 3.42. The molecule has 1 rings (SSSR count). The van der Waals surface area contributed by atoms with Crippen LogP contribution in [0.1, 0.15) is 34.1 Å². The highest BCUT2D eigenvalue weighted by Gasteiger charge is 2.50. The minimum Gasteiger partial charge on any atom is -0.444 e. The molecule has 0 aromatic carbocycles. The van der Waals surface area contributed by atoms with Crippen LogP contribution in [0, 0.1) is 5.92 Å². The third-order valence-electron chi connectivity index (χ3n) is 3.97. The molecule has 1 unspecified atom stereocenters. The van der Waals surface area contributed by atoms with Gasteiger partial charge in [-0.25, -0.2) is 4.79 Å². The van der Waals surface area contributed by atoms with Crippen molar-refractivity contribution < 1.29 is 26.9 Å². The monoisotopic (exact) mass is 402 g/mol. The Hall–Kier alpha value is -2.10. The summed E-state index contributed by atoms with van der Waals surface area (Å²) < 4.78 is 33.9. The van der Waals surface area contributed by atoms with Gasteiger partial charge in [-0.05, 0) is 39.6 Å². The summed E-state index contributed by atoms with van der Waals surface area (Å²) in [5.41, 5.74) is 7.80. The minimum absolute atomic E-state index is 0.239. The van der Waals surface area contributed by atoms with E-state index in [1.165, 1.54) is 17.9 Å². The normalized spacial score (nSPS) is 24.0. The first-order valence-electron chi connectivity index (χ1n) is 8.34. The molecule has 27 heavy (non-hydrogen) atoms. The standard InChI is InChI=1S/C16H26N4O6S/c1-7-11-8-12(10(2)21)20(15(22)25-16(3,4)5)14(11)13(9-18-19-17)26-27(6,23)24/h7,11-14H,1,8-9H2,2-6H3/t11-,12-,13?,14+/m1/s1. The smallest absolute Gasteiger partial charge is 0.411 e. The number of hydrogen-bond acceptors (Lipinski definition) is 7.